The van der Waals surface area contributed by atoms with E-state index in [2.05, 4.69) is 37.7 Å². The second-order valence-corrected chi connectivity index (χ2v) is 5.87. The summed E-state index contributed by atoms with van der Waals surface area (Å²) in [6, 6.07) is 0. The zero-order chi connectivity index (χ0) is 15.2. The van der Waals surface area contributed by atoms with Crippen molar-refractivity contribution < 1.29 is 4.52 Å². The standard InChI is InChI=1S/C13H20N6OS/c1-8-9(2)21-12(17-8)7-16-13(14-4)15-6-5-11-18-10(3)19-20-11/h5-7H2,1-4H3,(H2,14,15,16). The summed E-state index contributed by atoms with van der Waals surface area (Å²) in [6.45, 7) is 7.25. The Morgan fingerprint density at radius 2 is 2.05 bits per heavy atom. The highest BCUT2D eigenvalue weighted by molar-refractivity contribution is 7.11. The van der Waals surface area contributed by atoms with Crippen LogP contribution >= 0.6 is 11.3 Å². The highest BCUT2D eigenvalue weighted by atomic mass is 32.1. The van der Waals surface area contributed by atoms with Gasteiger partial charge in [0.2, 0.25) is 5.89 Å². The van der Waals surface area contributed by atoms with Gasteiger partial charge in [-0.25, -0.2) is 4.98 Å². The monoisotopic (exact) mass is 308 g/mol. The molecule has 21 heavy (non-hydrogen) atoms. The molecule has 0 amide bonds. The van der Waals surface area contributed by atoms with E-state index >= 15 is 0 Å². The third-order valence-corrected chi connectivity index (χ3v) is 3.98. The second-order valence-electron chi connectivity index (χ2n) is 4.59. The quantitative estimate of drug-likeness (QED) is 0.640. The maximum absolute atomic E-state index is 5.06. The Kier molecular flexibility index (Phi) is 5.26. The average molecular weight is 308 g/mol. The van der Waals surface area contributed by atoms with Crippen LogP contribution in [0.1, 0.15) is 27.3 Å². The van der Waals surface area contributed by atoms with Gasteiger partial charge in [-0.15, -0.1) is 11.3 Å². The normalized spacial score (nSPS) is 11.7. The van der Waals surface area contributed by atoms with Gasteiger partial charge in [0.05, 0.1) is 12.2 Å². The predicted octanol–water partition coefficient (Wildman–Crippen LogP) is 1.36. The number of nitrogens with one attached hydrogen (secondary N) is 2. The van der Waals surface area contributed by atoms with Gasteiger partial charge in [0.1, 0.15) is 5.01 Å². The maximum Gasteiger partial charge on any atom is 0.228 e. The molecule has 2 N–H and O–H groups in total. The predicted molar refractivity (Wildman–Crippen MR) is 82.5 cm³/mol. The topological polar surface area (TPSA) is 88.2 Å². The molecule has 0 aliphatic carbocycles. The van der Waals surface area contributed by atoms with Gasteiger partial charge in [0, 0.05) is 24.9 Å². The molecule has 2 heterocycles. The molecule has 8 heteroatoms. The number of aromatic nitrogens is 3. The van der Waals surface area contributed by atoms with Gasteiger partial charge in [-0.2, -0.15) is 4.98 Å². The molecule has 0 atom stereocenters. The molecule has 0 spiro atoms. The van der Waals surface area contributed by atoms with Crippen LogP contribution in [0.3, 0.4) is 0 Å². The van der Waals surface area contributed by atoms with Crippen molar-refractivity contribution in [1.29, 1.82) is 0 Å². The molecule has 0 saturated heterocycles. The largest absolute Gasteiger partial charge is 0.356 e. The van der Waals surface area contributed by atoms with E-state index in [4.69, 9.17) is 4.52 Å². The SMILES string of the molecule is CN=C(NCCc1nc(C)no1)NCc1nc(C)c(C)s1. The molecule has 0 radical (unpaired) electrons. The molecule has 0 bridgehead atoms. The first-order valence-electron chi connectivity index (χ1n) is 6.75. The Balaban J connectivity index is 1.75. The third-order valence-electron chi connectivity index (χ3n) is 2.90. The fourth-order valence-corrected chi connectivity index (χ4v) is 2.60. The second kappa shape index (κ2) is 7.16. The summed E-state index contributed by atoms with van der Waals surface area (Å²) in [5, 5.41) is 11.3. The van der Waals surface area contributed by atoms with Crippen LogP contribution in [0.25, 0.3) is 0 Å². The number of thiazole rings is 1. The Morgan fingerprint density at radius 1 is 1.24 bits per heavy atom. The van der Waals surface area contributed by atoms with Gasteiger partial charge in [-0.3, -0.25) is 4.99 Å². The fourth-order valence-electron chi connectivity index (χ4n) is 1.72. The fraction of sp³-hybridized carbons (Fsp3) is 0.538. The highest BCUT2D eigenvalue weighted by Gasteiger charge is 2.06. The molecule has 0 aliphatic rings. The van der Waals surface area contributed by atoms with E-state index in [-0.39, 0.29) is 0 Å². The van der Waals surface area contributed by atoms with Gasteiger partial charge in [-0.1, -0.05) is 5.16 Å². The maximum atomic E-state index is 5.06. The summed E-state index contributed by atoms with van der Waals surface area (Å²) >= 11 is 1.70. The molecule has 0 aromatic carbocycles. The van der Waals surface area contributed by atoms with Crippen molar-refractivity contribution >= 4 is 17.3 Å². The molecule has 0 saturated carbocycles. The minimum Gasteiger partial charge on any atom is -0.356 e. The number of hydrogen-bond acceptors (Lipinski definition) is 6. The van der Waals surface area contributed by atoms with Crippen molar-refractivity contribution in [1.82, 2.24) is 25.8 Å². The first-order chi connectivity index (χ1) is 10.1. The van der Waals surface area contributed by atoms with Crippen LogP contribution in [0.5, 0.6) is 0 Å². The van der Waals surface area contributed by atoms with E-state index in [1.807, 2.05) is 6.92 Å². The molecule has 0 unspecified atom stereocenters. The highest BCUT2D eigenvalue weighted by Crippen LogP contribution is 2.15. The lowest BCUT2D eigenvalue weighted by Gasteiger charge is -2.09. The van der Waals surface area contributed by atoms with E-state index in [1.54, 1.807) is 25.3 Å². The molecule has 0 aliphatic heterocycles. The van der Waals surface area contributed by atoms with E-state index in [9.17, 15) is 0 Å². The van der Waals surface area contributed by atoms with Crippen LogP contribution in [0, 0.1) is 20.8 Å². The Hall–Kier alpha value is -1.96. The number of aliphatic imine (C=N–C) groups is 1. The third kappa shape index (κ3) is 4.52. The van der Waals surface area contributed by atoms with E-state index in [1.165, 1.54) is 4.88 Å². The minimum atomic E-state index is 0.627. The lowest BCUT2D eigenvalue weighted by Crippen LogP contribution is -2.37. The molecule has 2 aromatic rings. The molecule has 2 aromatic heterocycles. The van der Waals surface area contributed by atoms with Crippen LogP contribution in [0.4, 0.5) is 0 Å². The smallest absolute Gasteiger partial charge is 0.228 e. The number of hydrogen-bond donors (Lipinski definition) is 2. The first-order valence-corrected chi connectivity index (χ1v) is 7.56. The summed E-state index contributed by atoms with van der Waals surface area (Å²) in [4.78, 5) is 14.1. The Bertz CT molecular complexity index is 598. The molecular formula is C13H20N6OS. The van der Waals surface area contributed by atoms with Crippen LogP contribution in [-0.2, 0) is 13.0 Å². The average Bonchev–Trinajstić information content (AvgIpc) is 3.00. The number of aryl methyl sites for hydroxylation is 3. The van der Waals surface area contributed by atoms with E-state index in [0.29, 0.717) is 31.2 Å². The molecular weight excluding hydrogens is 288 g/mol. The van der Waals surface area contributed by atoms with Gasteiger partial charge in [0.25, 0.3) is 0 Å². The van der Waals surface area contributed by atoms with Gasteiger partial charge >= 0.3 is 0 Å². The summed E-state index contributed by atoms with van der Waals surface area (Å²) < 4.78 is 5.06. The summed E-state index contributed by atoms with van der Waals surface area (Å²) in [7, 11) is 1.74. The first kappa shape index (κ1) is 15.4. The lowest BCUT2D eigenvalue weighted by molar-refractivity contribution is 0.374. The molecule has 114 valence electrons. The van der Waals surface area contributed by atoms with Crippen molar-refractivity contribution in [2.45, 2.75) is 33.7 Å². The minimum absolute atomic E-state index is 0.627. The van der Waals surface area contributed by atoms with Crippen LogP contribution in [-0.4, -0.2) is 34.7 Å². The number of nitrogens with zero attached hydrogens (tertiary/aromatic N) is 4. The van der Waals surface area contributed by atoms with Crippen molar-refractivity contribution in [3.8, 4) is 0 Å². The molecule has 7 nitrogen and oxygen atoms in total. The van der Waals surface area contributed by atoms with E-state index < -0.39 is 0 Å². The summed E-state index contributed by atoms with van der Waals surface area (Å²) in [5.41, 5.74) is 1.09. The van der Waals surface area contributed by atoms with Crippen LogP contribution in [0.2, 0.25) is 0 Å². The Labute approximate surface area is 127 Å². The van der Waals surface area contributed by atoms with Gasteiger partial charge in [0.15, 0.2) is 11.8 Å². The Morgan fingerprint density at radius 3 is 2.62 bits per heavy atom. The number of rotatable bonds is 5. The zero-order valence-electron chi connectivity index (χ0n) is 12.7. The zero-order valence-corrected chi connectivity index (χ0v) is 13.5. The summed E-state index contributed by atoms with van der Waals surface area (Å²) in [6.07, 6.45) is 0.664. The van der Waals surface area contributed by atoms with Crippen molar-refractivity contribution in [2.75, 3.05) is 13.6 Å². The van der Waals surface area contributed by atoms with Gasteiger partial charge < -0.3 is 15.2 Å². The molecule has 0 fully saturated rings. The van der Waals surface area contributed by atoms with E-state index in [0.717, 1.165) is 16.7 Å². The van der Waals surface area contributed by atoms with Crippen LogP contribution < -0.4 is 10.6 Å². The van der Waals surface area contributed by atoms with Crippen molar-refractivity contribution in [3.05, 3.63) is 27.3 Å². The summed E-state index contributed by atoms with van der Waals surface area (Å²) in [5.74, 6) is 2.01. The van der Waals surface area contributed by atoms with Crippen molar-refractivity contribution in [3.63, 3.8) is 0 Å². The van der Waals surface area contributed by atoms with Crippen molar-refractivity contribution in [2.24, 2.45) is 4.99 Å². The lowest BCUT2D eigenvalue weighted by atomic mass is 10.4. The van der Waals surface area contributed by atoms with Gasteiger partial charge in [-0.05, 0) is 20.8 Å². The number of guanidine groups is 1. The van der Waals surface area contributed by atoms with Crippen LogP contribution in [0.15, 0.2) is 9.52 Å². The molecule has 2 rings (SSSR count).